The van der Waals surface area contributed by atoms with E-state index in [4.69, 9.17) is 22.1 Å². The first-order valence-corrected chi connectivity index (χ1v) is 6.72. The average molecular weight is 296 g/mol. The van der Waals surface area contributed by atoms with Crippen LogP contribution in [-0.2, 0) is 11.3 Å². The summed E-state index contributed by atoms with van der Waals surface area (Å²) in [4.78, 5) is 18.0. The minimum absolute atomic E-state index is 0.237. The summed E-state index contributed by atoms with van der Waals surface area (Å²) in [5.41, 5.74) is 6.88. The molecule has 0 saturated heterocycles. The van der Waals surface area contributed by atoms with Crippen LogP contribution in [0.4, 0.5) is 10.5 Å². The van der Waals surface area contributed by atoms with Crippen LogP contribution in [0, 0.1) is 0 Å². The summed E-state index contributed by atoms with van der Waals surface area (Å²) in [5.74, 6) is 0.372. The number of fused-ring (bicyclic) bond motifs is 1. The normalized spacial score (nSPS) is 15.2. The molecule has 1 aromatic carbocycles. The number of amidine groups is 1. The Bertz CT molecular complexity index is 564. The second-order valence-corrected chi connectivity index (χ2v) is 6.15. The van der Waals surface area contributed by atoms with Crippen LogP contribution in [0.25, 0.3) is 0 Å². The minimum atomic E-state index is -0.549. The topological polar surface area (TPSA) is 67.9 Å². The smallest absolute Gasteiger partial charge is 0.410 e. The van der Waals surface area contributed by atoms with Gasteiger partial charge in [0.1, 0.15) is 11.4 Å². The van der Waals surface area contributed by atoms with Gasteiger partial charge in [-0.05, 0) is 44.5 Å². The molecule has 0 unspecified atom stereocenters. The molecule has 0 fully saturated rings. The molecule has 1 heterocycles. The third-order valence-corrected chi connectivity index (χ3v) is 2.91. The molecule has 0 saturated carbocycles. The zero-order valence-corrected chi connectivity index (χ0v) is 12.6. The van der Waals surface area contributed by atoms with Gasteiger partial charge in [0.2, 0.25) is 0 Å². The van der Waals surface area contributed by atoms with Crippen molar-refractivity contribution in [1.29, 1.82) is 0 Å². The van der Waals surface area contributed by atoms with Crippen LogP contribution in [0.5, 0.6) is 0 Å². The Morgan fingerprint density at radius 3 is 2.75 bits per heavy atom. The van der Waals surface area contributed by atoms with Crippen LogP contribution in [0.3, 0.4) is 0 Å². The highest BCUT2D eigenvalue weighted by atomic mass is 35.5. The quantitative estimate of drug-likeness (QED) is 0.800. The number of carbonyl (C=O) groups excluding carboxylic acids is 1. The molecule has 0 spiro atoms. The molecule has 6 heteroatoms. The van der Waals surface area contributed by atoms with Gasteiger partial charge in [0, 0.05) is 5.02 Å². The van der Waals surface area contributed by atoms with E-state index >= 15 is 0 Å². The monoisotopic (exact) mass is 295 g/mol. The number of aliphatic imine (C=N–C) groups is 1. The zero-order chi connectivity index (χ0) is 14.9. The van der Waals surface area contributed by atoms with Gasteiger partial charge in [-0.25, -0.2) is 9.79 Å². The van der Waals surface area contributed by atoms with E-state index in [1.54, 1.807) is 18.2 Å². The third-order valence-electron chi connectivity index (χ3n) is 2.67. The van der Waals surface area contributed by atoms with Crippen molar-refractivity contribution in [3.8, 4) is 0 Å². The number of hydrogen-bond acceptors (Lipinski definition) is 4. The molecule has 1 aromatic rings. The molecule has 0 aromatic heterocycles. The number of carbonyl (C=O) groups is 1. The number of nitrogens with zero attached hydrogens (tertiary/aromatic N) is 2. The van der Waals surface area contributed by atoms with Gasteiger partial charge in [0.25, 0.3) is 0 Å². The van der Waals surface area contributed by atoms with Crippen molar-refractivity contribution in [2.45, 2.75) is 32.9 Å². The maximum Gasteiger partial charge on any atom is 0.410 e. The molecule has 1 aliphatic rings. The molecule has 0 bridgehead atoms. The molecule has 1 amide bonds. The Hall–Kier alpha value is -1.75. The Balaban J connectivity index is 2.27. The van der Waals surface area contributed by atoms with Crippen molar-refractivity contribution in [2.24, 2.45) is 10.7 Å². The molecule has 0 radical (unpaired) electrons. The number of benzene rings is 1. The van der Waals surface area contributed by atoms with Gasteiger partial charge in [-0.15, -0.1) is 0 Å². The van der Waals surface area contributed by atoms with E-state index < -0.39 is 11.7 Å². The van der Waals surface area contributed by atoms with Crippen LogP contribution in [0.2, 0.25) is 5.02 Å². The Kier molecular flexibility index (Phi) is 3.90. The lowest BCUT2D eigenvalue weighted by Gasteiger charge is -2.26. The van der Waals surface area contributed by atoms with Gasteiger partial charge in [-0.2, -0.15) is 0 Å². The van der Waals surface area contributed by atoms with Crippen molar-refractivity contribution >= 4 is 29.2 Å². The van der Waals surface area contributed by atoms with Crippen LogP contribution < -0.4 is 5.73 Å². The third kappa shape index (κ3) is 3.63. The van der Waals surface area contributed by atoms with Crippen LogP contribution in [0.15, 0.2) is 23.2 Å². The number of rotatable bonds is 0. The fourth-order valence-corrected chi connectivity index (χ4v) is 2.09. The van der Waals surface area contributed by atoms with Crippen LogP contribution in [-0.4, -0.2) is 29.0 Å². The molecule has 5 nitrogen and oxygen atoms in total. The average Bonchev–Trinajstić information content (AvgIpc) is 2.45. The summed E-state index contributed by atoms with van der Waals surface area (Å²) in [5, 5.41) is 0.601. The first-order chi connectivity index (χ1) is 9.24. The Morgan fingerprint density at radius 1 is 1.40 bits per heavy atom. The second-order valence-electron chi connectivity index (χ2n) is 5.71. The summed E-state index contributed by atoms with van der Waals surface area (Å²) in [6, 6.07) is 5.33. The van der Waals surface area contributed by atoms with Gasteiger partial charge >= 0.3 is 6.09 Å². The minimum Gasteiger partial charge on any atom is -0.444 e. The summed E-state index contributed by atoms with van der Waals surface area (Å²) < 4.78 is 5.37. The van der Waals surface area contributed by atoms with E-state index in [0.29, 0.717) is 17.4 Å². The predicted molar refractivity (Wildman–Crippen MR) is 79.4 cm³/mol. The highest BCUT2D eigenvalue weighted by molar-refractivity contribution is 6.30. The number of amides is 1. The summed E-state index contributed by atoms with van der Waals surface area (Å²) in [6.45, 7) is 6.08. The van der Waals surface area contributed by atoms with Crippen molar-refractivity contribution in [1.82, 2.24) is 4.90 Å². The maximum atomic E-state index is 12.2. The number of ether oxygens (including phenoxy) is 1. The highest BCUT2D eigenvalue weighted by Gasteiger charge is 2.25. The largest absolute Gasteiger partial charge is 0.444 e. The molecule has 108 valence electrons. The molecule has 2 rings (SSSR count). The van der Waals surface area contributed by atoms with Gasteiger partial charge in [-0.1, -0.05) is 11.6 Å². The Morgan fingerprint density at radius 2 is 2.10 bits per heavy atom. The molecule has 0 atom stereocenters. The molecule has 20 heavy (non-hydrogen) atoms. The predicted octanol–water partition coefficient (Wildman–Crippen LogP) is 3.08. The molecule has 1 aliphatic heterocycles. The molecule has 0 aliphatic carbocycles. The molecular weight excluding hydrogens is 278 g/mol. The lowest BCUT2D eigenvalue weighted by Crippen LogP contribution is -2.40. The van der Waals surface area contributed by atoms with Crippen molar-refractivity contribution < 1.29 is 9.53 Å². The maximum absolute atomic E-state index is 12.2. The molecule has 2 N–H and O–H groups in total. The van der Waals surface area contributed by atoms with E-state index in [1.807, 2.05) is 20.8 Å². The fourth-order valence-electron chi connectivity index (χ4n) is 1.89. The van der Waals surface area contributed by atoms with E-state index in [9.17, 15) is 4.79 Å². The number of hydrogen-bond donors (Lipinski definition) is 1. The lowest BCUT2D eigenvalue weighted by molar-refractivity contribution is 0.0265. The number of nitrogens with two attached hydrogens (primary N) is 1. The van der Waals surface area contributed by atoms with Crippen LogP contribution >= 0.6 is 11.6 Å². The summed E-state index contributed by atoms with van der Waals surface area (Å²) in [6.07, 6.45) is -0.413. The second kappa shape index (κ2) is 5.32. The van der Waals surface area contributed by atoms with E-state index in [0.717, 1.165) is 11.3 Å². The standard InChI is InChI=1S/C14H18ClN3O2/c1-14(2,3)20-13(19)18-7-9-6-10(15)4-5-11(9)17-12(16)8-18/h4-6H,7-8H2,1-3H3,(H2,16,17). The molecular formula is C14H18ClN3O2. The highest BCUT2D eigenvalue weighted by Crippen LogP contribution is 2.27. The summed E-state index contributed by atoms with van der Waals surface area (Å²) >= 11 is 5.99. The summed E-state index contributed by atoms with van der Waals surface area (Å²) in [7, 11) is 0. The Labute approximate surface area is 123 Å². The van der Waals surface area contributed by atoms with Gasteiger partial charge < -0.3 is 10.5 Å². The number of halogens is 1. The first-order valence-electron chi connectivity index (χ1n) is 6.34. The van der Waals surface area contributed by atoms with E-state index in [2.05, 4.69) is 4.99 Å². The SMILES string of the molecule is CC(C)(C)OC(=O)N1CC(N)=Nc2ccc(Cl)cc2C1. The van der Waals surface area contributed by atoms with Gasteiger partial charge in [0.15, 0.2) is 0 Å². The fraction of sp³-hybridized carbons (Fsp3) is 0.429. The van der Waals surface area contributed by atoms with Crippen molar-refractivity contribution in [3.05, 3.63) is 28.8 Å². The first kappa shape index (κ1) is 14.7. The van der Waals surface area contributed by atoms with Gasteiger partial charge in [-0.3, -0.25) is 4.90 Å². The van der Waals surface area contributed by atoms with Crippen molar-refractivity contribution in [2.75, 3.05) is 6.54 Å². The van der Waals surface area contributed by atoms with E-state index in [1.165, 1.54) is 4.90 Å². The van der Waals surface area contributed by atoms with Gasteiger partial charge in [0.05, 0.1) is 18.8 Å². The lowest BCUT2D eigenvalue weighted by atomic mass is 10.1. The van der Waals surface area contributed by atoms with E-state index in [-0.39, 0.29) is 6.54 Å². The van der Waals surface area contributed by atoms with Crippen molar-refractivity contribution in [3.63, 3.8) is 0 Å². The van der Waals surface area contributed by atoms with Crippen LogP contribution in [0.1, 0.15) is 26.3 Å². The zero-order valence-electron chi connectivity index (χ0n) is 11.8.